The largest absolute Gasteiger partial charge is 0.458 e. The summed E-state index contributed by atoms with van der Waals surface area (Å²) in [6, 6.07) is 27.5. The fraction of sp³-hybridized carbons (Fsp3) is 0.432. The Morgan fingerprint density at radius 1 is 0.931 bits per heavy atom. The third-order valence-electron chi connectivity index (χ3n) is 10.8. The molecule has 1 unspecified atom stereocenters. The number of aromatic nitrogens is 2. The molecule has 8 rings (SSSR count). The molecule has 4 aliphatic rings. The van der Waals surface area contributed by atoms with Crippen molar-refractivity contribution in [1.82, 2.24) is 19.8 Å². The number of carbonyl (C=O) groups is 1. The third kappa shape index (κ3) is 10.8. The second-order valence-electron chi connectivity index (χ2n) is 15.1. The van der Waals surface area contributed by atoms with E-state index < -0.39 is 48.2 Å². The standard InChI is InChI=1S/C19H19NS.C16H23NO2.C9H11FN2O6/c1-20-12-10-14(11-13-20)19-15-6-2-4-8-17(15)21-18-9-5-3-7-16(18)19;1-13(12-17-15-10-6-3-7-11-15)19-16(18)14-8-4-2-5-9-14;10-3-1-12(9(17)11-7(3)16)8-6(15)5(14)4(2-13)18-8/h2-9H,10-13H2,1H3;2,4-5,8-9,13,15,17H,3,6-7,10-12H2,1H3;1,4-6,8,13-15H,2H2,(H,11,16,17)/t;;4-,5-,6-,8-/m..1/s1. The maximum Gasteiger partial charge on any atom is 0.338 e. The number of carbonyl (C=O) groups excluding carboxylic acids is 1. The number of nitrogens with zero attached hydrogens (tertiary/aromatic N) is 2. The van der Waals surface area contributed by atoms with Crippen molar-refractivity contribution in [2.45, 2.75) is 98.3 Å². The number of rotatable bonds is 7. The van der Waals surface area contributed by atoms with Crippen LogP contribution in [0, 0.1) is 5.82 Å². The molecule has 0 bridgehead atoms. The topological polar surface area (TPSA) is 166 Å². The van der Waals surface area contributed by atoms with Crippen LogP contribution < -0.4 is 16.6 Å². The number of benzene rings is 3. The van der Waals surface area contributed by atoms with Gasteiger partial charge in [0.25, 0.3) is 5.56 Å². The molecule has 3 aliphatic heterocycles. The molecule has 12 nitrogen and oxygen atoms in total. The number of aliphatic hydroxyl groups is 3. The van der Waals surface area contributed by atoms with Gasteiger partial charge in [-0.2, -0.15) is 4.39 Å². The lowest BCUT2D eigenvalue weighted by atomic mass is 9.88. The molecule has 1 aliphatic carbocycles. The van der Waals surface area contributed by atoms with Crippen molar-refractivity contribution in [3.8, 4) is 0 Å². The maximum atomic E-state index is 13.1. The van der Waals surface area contributed by atoms with Gasteiger partial charge in [-0.1, -0.05) is 91.2 Å². The Kier molecular flexibility index (Phi) is 15.3. The van der Waals surface area contributed by atoms with Gasteiger partial charge in [-0.15, -0.1) is 0 Å². The lowest BCUT2D eigenvalue weighted by Crippen LogP contribution is -2.38. The predicted octanol–water partition coefficient (Wildman–Crippen LogP) is 5.12. The van der Waals surface area contributed by atoms with Gasteiger partial charge in [-0.25, -0.2) is 9.59 Å². The van der Waals surface area contributed by atoms with Crippen LogP contribution in [0.15, 0.2) is 110 Å². The van der Waals surface area contributed by atoms with Crippen LogP contribution in [0.3, 0.4) is 0 Å². The van der Waals surface area contributed by atoms with Crippen LogP contribution in [0.2, 0.25) is 0 Å². The molecule has 1 saturated carbocycles. The van der Waals surface area contributed by atoms with Crippen molar-refractivity contribution < 1.29 is 34.0 Å². The first-order valence-electron chi connectivity index (χ1n) is 19.9. The van der Waals surface area contributed by atoms with E-state index in [1.54, 1.807) is 22.7 Å². The van der Waals surface area contributed by atoms with Crippen LogP contribution >= 0.6 is 11.8 Å². The average molecular weight is 817 g/mol. The third-order valence-corrected chi connectivity index (χ3v) is 12.0. The number of aliphatic hydroxyl groups excluding tert-OH is 3. The minimum absolute atomic E-state index is 0.0883. The summed E-state index contributed by atoms with van der Waals surface area (Å²) in [7, 11) is 2.22. The van der Waals surface area contributed by atoms with Crippen molar-refractivity contribution >= 4 is 23.3 Å². The van der Waals surface area contributed by atoms with Crippen molar-refractivity contribution in [1.29, 1.82) is 0 Å². The van der Waals surface area contributed by atoms with Crippen LogP contribution in [0.4, 0.5) is 4.39 Å². The minimum atomic E-state index is -1.52. The van der Waals surface area contributed by atoms with Gasteiger partial charge in [0.15, 0.2) is 6.23 Å². The van der Waals surface area contributed by atoms with Crippen LogP contribution in [-0.4, -0.2) is 99.5 Å². The van der Waals surface area contributed by atoms with Crippen LogP contribution in [-0.2, 0) is 9.47 Å². The molecule has 0 spiro atoms. The van der Waals surface area contributed by atoms with Crippen molar-refractivity contribution in [3.05, 3.63) is 134 Å². The van der Waals surface area contributed by atoms with E-state index in [9.17, 15) is 29.0 Å². The lowest BCUT2D eigenvalue weighted by molar-refractivity contribution is -0.0554. The monoisotopic (exact) mass is 816 g/mol. The molecule has 3 aromatic carbocycles. The van der Waals surface area contributed by atoms with E-state index in [1.165, 1.54) is 84.5 Å². The highest BCUT2D eigenvalue weighted by molar-refractivity contribution is 7.99. The Bertz CT molecular complexity index is 2080. The highest BCUT2D eigenvalue weighted by Crippen LogP contribution is 2.47. The highest BCUT2D eigenvalue weighted by atomic mass is 32.2. The quantitative estimate of drug-likeness (QED) is 0.139. The van der Waals surface area contributed by atoms with Gasteiger partial charge in [0.1, 0.15) is 24.4 Å². The van der Waals surface area contributed by atoms with Gasteiger partial charge in [0, 0.05) is 35.5 Å². The zero-order valence-corrected chi connectivity index (χ0v) is 33.7. The van der Waals surface area contributed by atoms with Crippen molar-refractivity contribution in [2.75, 3.05) is 33.3 Å². The molecule has 2 saturated heterocycles. The maximum absolute atomic E-state index is 13.1. The zero-order chi connectivity index (χ0) is 41.2. The fourth-order valence-corrected chi connectivity index (χ4v) is 8.66. The SMILES string of the molecule is CC(CNC1CCCCC1)OC(=O)c1ccccc1.CN1CCC(=C2c3ccccc3Sc3ccccc32)CC1.O=c1[nH]c(=O)n([C@@H]2O[C@H](CO)[C@@H](O)[C@H]2O)cc1F. The van der Waals surface area contributed by atoms with E-state index >= 15 is 0 Å². The average Bonchev–Trinajstić information content (AvgIpc) is 3.53. The summed E-state index contributed by atoms with van der Waals surface area (Å²) in [6.07, 6.45) is 3.95. The Balaban J connectivity index is 0.000000147. The Morgan fingerprint density at radius 2 is 1.53 bits per heavy atom. The Morgan fingerprint density at radius 3 is 2.14 bits per heavy atom. The predicted molar refractivity (Wildman–Crippen MR) is 220 cm³/mol. The number of hydrogen-bond acceptors (Lipinski definition) is 11. The number of halogens is 1. The van der Waals surface area contributed by atoms with Crippen LogP contribution in [0.1, 0.15) is 79.6 Å². The Hall–Kier alpha value is -4.41. The molecule has 4 heterocycles. The number of ether oxygens (including phenoxy) is 2. The first kappa shape index (κ1) is 43.2. The molecule has 4 aromatic rings. The van der Waals surface area contributed by atoms with Gasteiger partial charge >= 0.3 is 11.7 Å². The molecule has 0 amide bonds. The summed E-state index contributed by atoms with van der Waals surface area (Å²) >= 11 is 1.91. The molecular weight excluding hydrogens is 764 g/mol. The van der Waals surface area contributed by atoms with E-state index in [2.05, 4.69) is 65.8 Å². The van der Waals surface area contributed by atoms with Gasteiger partial charge in [0.2, 0.25) is 5.82 Å². The van der Waals surface area contributed by atoms with Crippen molar-refractivity contribution in [2.24, 2.45) is 0 Å². The molecule has 5 atom stereocenters. The van der Waals surface area contributed by atoms with E-state index in [4.69, 9.17) is 14.6 Å². The number of esters is 1. The smallest absolute Gasteiger partial charge is 0.338 e. The summed E-state index contributed by atoms with van der Waals surface area (Å²) in [6.45, 7) is 4.46. The number of nitrogens with one attached hydrogen (secondary N) is 2. The van der Waals surface area contributed by atoms with E-state index in [0.717, 1.165) is 6.54 Å². The number of aromatic amines is 1. The molecule has 310 valence electrons. The van der Waals surface area contributed by atoms with E-state index in [0.29, 0.717) is 22.4 Å². The normalized spacial score (nSPS) is 22.4. The van der Waals surface area contributed by atoms with Gasteiger partial charge in [-0.3, -0.25) is 14.3 Å². The molecule has 14 heteroatoms. The minimum Gasteiger partial charge on any atom is -0.458 e. The first-order valence-corrected chi connectivity index (χ1v) is 20.8. The lowest BCUT2D eigenvalue weighted by Gasteiger charge is -2.30. The Labute approximate surface area is 341 Å². The van der Waals surface area contributed by atoms with Crippen LogP contribution in [0.25, 0.3) is 5.57 Å². The summed E-state index contributed by atoms with van der Waals surface area (Å²) in [5.74, 6) is -1.47. The summed E-state index contributed by atoms with van der Waals surface area (Å²) in [5, 5.41) is 31.5. The van der Waals surface area contributed by atoms with E-state index in [1.807, 2.05) is 36.9 Å². The van der Waals surface area contributed by atoms with Crippen molar-refractivity contribution in [3.63, 3.8) is 0 Å². The number of hydrogen-bond donors (Lipinski definition) is 5. The summed E-state index contributed by atoms with van der Waals surface area (Å²) in [5.41, 5.74) is 4.44. The molecule has 58 heavy (non-hydrogen) atoms. The summed E-state index contributed by atoms with van der Waals surface area (Å²) in [4.78, 5) is 41.0. The molecule has 1 aromatic heterocycles. The molecule has 5 N–H and O–H groups in total. The zero-order valence-electron chi connectivity index (χ0n) is 32.9. The highest BCUT2D eigenvalue weighted by Gasteiger charge is 2.44. The first-order chi connectivity index (χ1) is 28.0. The number of likely N-dealkylation sites (tertiary alicyclic amines) is 1. The van der Waals surface area contributed by atoms with Gasteiger partial charge < -0.3 is 35.0 Å². The summed E-state index contributed by atoms with van der Waals surface area (Å²) < 4.78 is 24.1. The second-order valence-corrected chi connectivity index (χ2v) is 16.2. The number of H-pyrrole nitrogens is 1. The number of piperidine rings is 1. The second kappa shape index (κ2) is 20.5. The molecular formula is C44H53FN4O8S. The molecule has 0 radical (unpaired) electrons. The van der Waals surface area contributed by atoms with Gasteiger partial charge in [0.05, 0.1) is 18.4 Å². The fourth-order valence-electron chi connectivity index (χ4n) is 7.57. The van der Waals surface area contributed by atoms with Gasteiger partial charge in [-0.05, 0) is 80.6 Å². The van der Waals surface area contributed by atoms with E-state index in [-0.39, 0.29) is 12.1 Å². The molecule has 3 fully saturated rings. The van der Waals surface area contributed by atoms with Crippen LogP contribution in [0.5, 0.6) is 0 Å². The number of fused-ring (bicyclic) bond motifs is 2.